The van der Waals surface area contributed by atoms with Crippen molar-refractivity contribution < 1.29 is 4.74 Å². The summed E-state index contributed by atoms with van der Waals surface area (Å²) in [6, 6.07) is 9.36. The van der Waals surface area contributed by atoms with Crippen molar-refractivity contribution in [3.8, 4) is 11.5 Å². The van der Waals surface area contributed by atoms with Crippen LogP contribution in [-0.2, 0) is 6.42 Å². The van der Waals surface area contributed by atoms with E-state index in [1.54, 1.807) is 12.3 Å². The molecule has 0 aliphatic carbocycles. The highest BCUT2D eigenvalue weighted by atomic mass is 35.5. The summed E-state index contributed by atoms with van der Waals surface area (Å²) in [6.07, 6.45) is 2.50. The van der Waals surface area contributed by atoms with Gasteiger partial charge in [0.05, 0.1) is 5.69 Å². The van der Waals surface area contributed by atoms with Crippen LogP contribution in [0.4, 0.5) is 0 Å². The van der Waals surface area contributed by atoms with Gasteiger partial charge >= 0.3 is 0 Å². The van der Waals surface area contributed by atoms with Gasteiger partial charge in [-0.1, -0.05) is 17.7 Å². The standard InChI is InChI=1S/C14H15ClN2O/c1-10-14(3-2-8-17-10)18-12-5-4-11(6-7-16)13(15)9-12/h2-5,8-9H,6-7,16H2,1H3. The first kappa shape index (κ1) is 12.9. The van der Waals surface area contributed by atoms with E-state index in [4.69, 9.17) is 22.1 Å². The minimum absolute atomic E-state index is 0.585. The molecule has 0 radical (unpaired) electrons. The van der Waals surface area contributed by atoms with Crippen molar-refractivity contribution in [1.29, 1.82) is 0 Å². The Morgan fingerprint density at radius 2 is 2.17 bits per heavy atom. The minimum Gasteiger partial charge on any atom is -0.455 e. The molecular weight excluding hydrogens is 248 g/mol. The van der Waals surface area contributed by atoms with Crippen LogP contribution >= 0.6 is 11.6 Å². The van der Waals surface area contributed by atoms with E-state index in [1.807, 2.05) is 31.2 Å². The van der Waals surface area contributed by atoms with Gasteiger partial charge in [0, 0.05) is 11.2 Å². The maximum atomic E-state index is 6.16. The average Bonchev–Trinajstić information content (AvgIpc) is 2.36. The van der Waals surface area contributed by atoms with Crippen molar-refractivity contribution in [2.75, 3.05) is 6.54 Å². The van der Waals surface area contributed by atoms with Crippen LogP contribution in [0.5, 0.6) is 11.5 Å². The number of pyridine rings is 1. The first-order chi connectivity index (χ1) is 8.70. The van der Waals surface area contributed by atoms with Crippen molar-refractivity contribution in [1.82, 2.24) is 4.98 Å². The maximum absolute atomic E-state index is 6.16. The fraction of sp³-hybridized carbons (Fsp3) is 0.214. The van der Waals surface area contributed by atoms with E-state index < -0.39 is 0 Å². The first-order valence-electron chi connectivity index (χ1n) is 5.78. The third kappa shape index (κ3) is 3.00. The predicted molar refractivity (Wildman–Crippen MR) is 73.3 cm³/mol. The van der Waals surface area contributed by atoms with Crippen LogP contribution < -0.4 is 10.5 Å². The summed E-state index contributed by atoms with van der Waals surface area (Å²) in [5, 5.41) is 0.680. The highest BCUT2D eigenvalue weighted by Crippen LogP contribution is 2.28. The minimum atomic E-state index is 0.585. The number of nitrogens with two attached hydrogens (primary N) is 1. The summed E-state index contributed by atoms with van der Waals surface area (Å²) in [5.74, 6) is 1.44. The SMILES string of the molecule is Cc1ncccc1Oc1ccc(CCN)c(Cl)c1. The Bertz CT molecular complexity index is 543. The monoisotopic (exact) mass is 262 g/mol. The molecule has 1 aromatic carbocycles. The van der Waals surface area contributed by atoms with Gasteiger partial charge in [-0.2, -0.15) is 0 Å². The fourth-order valence-electron chi connectivity index (χ4n) is 1.65. The number of rotatable bonds is 4. The molecule has 0 unspecified atom stereocenters. The Hall–Kier alpha value is -1.58. The summed E-state index contributed by atoms with van der Waals surface area (Å²) < 4.78 is 5.74. The van der Waals surface area contributed by atoms with Gasteiger partial charge in [-0.25, -0.2) is 0 Å². The lowest BCUT2D eigenvalue weighted by Gasteiger charge is -2.09. The number of hydrogen-bond donors (Lipinski definition) is 1. The van der Waals surface area contributed by atoms with Crippen LogP contribution in [0, 0.1) is 6.92 Å². The second-order valence-electron chi connectivity index (χ2n) is 3.98. The zero-order valence-corrected chi connectivity index (χ0v) is 10.9. The van der Waals surface area contributed by atoms with Gasteiger partial charge in [-0.3, -0.25) is 4.98 Å². The Balaban J connectivity index is 2.20. The Kier molecular flexibility index (Phi) is 4.18. The van der Waals surface area contributed by atoms with Gasteiger partial charge in [-0.15, -0.1) is 0 Å². The molecule has 18 heavy (non-hydrogen) atoms. The molecule has 94 valence electrons. The van der Waals surface area contributed by atoms with Crippen molar-refractivity contribution in [2.45, 2.75) is 13.3 Å². The second-order valence-corrected chi connectivity index (χ2v) is 4.39. The summed E-state index contributed by atoms with van der Waals surface area (Å²) in [5.41, 5.74) is 7.40. The third-order valence-corrected chi connectivity index (χ3v) is 2.98. The molecule has 0 spiro atoms. The number of hydrogen-bond acceptors (Lipinski definition) is 3. The highest BCUT2D eigenvalue weighted by Gasteiger charge is 2.05. The number of benzene rings is 1. The molecule has 1 aromatic heterocycles. The fourth-order valence-corrected chi connectivity index (χ4v) is 1.92. The van der Waals surface area contributed by atoms with Crippen LogP contribution in [0.1, 0.15) is 11.3 Å². The molecule has 3 nitrogen and oxygen atoms in total. The summed E-state index contributed by atoms with van der Waals surface area (Å²) in [4.78, 5) is 4.17. The molecule has 0 aliphatic rings. The molecule has 0 saturated carbocycles. The van der Waals surface area contributed by atoms with Crippen LogP contribution in [0.2, 0.25) is 5.02 Å². The summed E-state index contributed by atoms with van der Waals surface area (Å²) >= 11 is 6.16. The zero-order chi connectivity index (χ0) is 13.0. The maximum Gasteiger partial charge on any atom is 0.148 e. The number of aromatic nitrogens is 1. The normalized spacial score (nSPS) is 10.4. The van der Waals surface area contributed by atoms with Crippen LogP contribution in [-0.4, -0.2) is 11.5 Å². The quantitative estimate of drug-likeness (QED) is 0.919. The number of halogens is 1. The molecule has 0 amide bonds. The highest BCUT2D eigenvalue weighted by molar-refractivity contribution is 6.31. The molecule has 1 heterocycles. The van der Waals surface area contributed by atoms with E-state index in [0.717, 1.165) is 23.4 Å². The number of ether oxygens (including phenoxy) is 1. The van der Waals surface area contributed by atoms with E-state index in [9.17, 15) is 0 Å². The lowest BCUT2D eigenvalue weighted by atomic mass is 10.1. The zero-order valence-electron chi connectivity index (χ0n) is 10.2. The molecule has 2 rings (SSSR count). The smallest absolute Gasteiger partial charge is 0.148 e. The number of aryl methyl sites for hydroxylation is 1. The topological polar surface area (TPSA) is 48.1 Å². The van der Waals surface area contributed by atoms with Gasteiger partial charge < -0.3 is 10.5 Å². The molecule has 0 bridgehead atoms. The van der Waals surface area contributed by atoms with Gasteiger partial charge in [0.1, 0.15) is 11.5 Å². The molecule has 4 heteroatoms. The van der Waals surface area contributed by atoms with Crippen molar-refractivity contribution in [3.05, 3.63) is 52.8 Å². The number of nitrogens with zero attached hydrogens (tertiary/aromatic N) is 1. The van der Waals surface area contributed by atoms with E-state index in [0.29, 0.717) is 17.3 Å². The van der Waals surface area contributed by atoms with Gasteiger partial charge in [0.15, 0.2) is 0 Å². The Morgan fingerprint density at radius 1 is 1.33 bits per heavy atom. The van der Waals surface area contributed by atoms with Gasteiger partial charge in [-0.05, 0) is 49.7 Å². The molecule has 0 fully saturated rings. The van der Waals surface area contributed by atoms with Gasteiger partial charge in [0.2, 0.25) is 0 Å². The van der Waals surface area contributed by atoms with E-state index in [1.165, 1.54) is 0 Å². The lowest BCUT2D eigenvalue weighted by Crippen LogP contribution is -2.03. The Labute approximate surface area is 112 Å². The van der Waals surface area contributed by atoms with Crippen molar-refractivity contribution >= 4 is 11.6 Å². The van der Waals surface area contributed by atoms with E-state index in [-0.39, 0.29) is 0 Å². The van der Waals surface area contributed by atoms with Crippen LogP contribution in [0.15, 0.2) is 36.5 Å². The summed E-state index contributed by atoms with van der Waals surface area (Å²) in [6.45, 7) is 2.49. The largest absolute Gasteiger partial charge is 0.455 e. The van der Waals surface area contributed by atoms with Gasteiger partial charge in [0.25, 0.3) is 0 Å². The lowest BCUT2D eigenvalue weighted by molar-refractivity contribution is 0.475. The third-order valence-electron chi connectivity index (χ3n) is 2.62. The molecule has 2 aromatic rings. The summed E-state index contributed by atoms with van der Waals surface area (Å²) in [7, 11) is 0. The van der Waals surface area contributed by atoms with Crippen molar-refractivity contribution in [3.63, 3.8) is 0 Å². The molecule has 0 atom stereocenters. The first-order valence-corrected chi connectivity index (χ1v) is 6.16. The molecule has 0 aliphatic heterocycles. The second kappa shape index (κ2) is 5.85. The van der Waals surface area contributed by atoms with Crippen LogP contribution in [0.3, 0.4) is 0 Å². The predicted octanol–water partition coefficient (Wildman–Crippen LogP) is 3.34. The molecule has 0 saturated heterocycles. The molecule has 2 N–H and O–H groups in total. The average molecular weight is 263 g/mol. The van der Waals surface area contributed by atoms with E-state index in [2.05, 4.69) is 4.98 Å². The Morgan fingerprint density at radius 3 is 2.83 bits per heavy atom. The van der Waals surface area contributed by atoms with Crippen molar-refractivity contribution in [2.24, 2.45) is 5.73 Å². The van der Waals surface area contributed by atoms with Crippen LogP contribution in [0.25, 0.3) is 0 Å². The van der Waals surface area contributed by atoms with E-state index >= 15 is 0 Å². The molecular formula is C14H15ClN2O.